The van der Waals surface area contributed by atoms with Gasteiger partial charge < -0.3 is 14.1 Å². The highest BCUT2D eigenvalue weighted by Gasteiger charge is 2.23. The number of piperidine rings is 1. The summed E-state index contributed by atoms with van der Waals surface area (Å²) in [6, 6.07) is 7.57. The van der Waals surface area contributed by atoms with Crippen LogP contribution >= 0.6 is 11.3 Å². The van der Waals surface area contributed by atoms with Crippen LogP contribution in [0.25, 0.3) is 6.08 Å². The molecule has 31 heavy (non-hydrogen) atoms. The van der Waals surface area contributed by atoms with Gasteiger partial charge in [0, 0.05) is 36.5 Å². The van der Waals surface area contributed by atoms with E-state index < -0.39 is 11.8 Å². The zero-order valence-corrected chi connectivity index (χ0v) is 18.4. The number of hydrogen-bond acceptors (Lipinski definition) is 8. The molecule has 0 bridgehead atoms. The van der Waals surface area contributed by atoms with Gasteiger partial charge in [0.2, 0.25) is 0 Å². The normalized spacial score (nSPS) is 14.1. The Morgan fingerprint density at radius 2 is 2.00 bits per heavy atom. The van der Waals surface area contributed by atoms with Gasteiger partial charge in [-0.1, -0.05) is 0 Å². The summed E-state index contributed by atoms with van der Waals surface area (Å²) in [4.78, 5) is 27.8. The minimum absolute atomic E-state index is 0.0628. The third-order valence-corrected chi connectivity index (χ3v) is 6.37. The van der Waals surface area contributed by atoms with Crippen LogP contribution in [0.2, 0.25) is 0 Å². The van der Waals surface area contributed by atoms with Crippen LogP contribution in [0.3, 0.4) is 0 Å². The van der Waals surface area contributed by atoms with Gasteiger partial charge in [-0.2, -0.15) is 10.5 Å². The van der Waals surface area contributed by atoms with E-state index in [-0.39, 0.29) is 24.2 Å². The fourth-order valence-electron chi connectivity index (χ4n) is 3.50. The number of rotatable bonds is 7. The first-order valence-electron chi connectivity index (χ1n) is 10.2. The molecule has 0 unspecified atom stereocenters. The molecule has 1 aliphatic rings. The lowest BCUT2D eigenvalue weighted by molar-refractivity contribution is -0.114. The molecule has 0 aromatic carbocycles. The Hall–Kier alpha value is -3.36. The number of esters is 1. The van der Waals surface area contributed by atoms with Crippen molar-refractivity contribution in [3.05, 3.63) is 44.3 Å². The molecule has 1 saturated heterocycles. The molecule has 8 heteroatoms. The summed E-state index contributed by atoms with van der Waals surface area (Å²) in [7, 11) is 0. The lowest BCUT2D eigenvalue weighted by Gasteiger charge is -2.25. The quantitative estimate of drug-likeness (QED) is 0.359. The minimum atomic E-state index is -0.517. The maximum absolute atomic E-state index is 12.8. The van der Waals surface area contributed by atoms with Gasteiger partial charge in [0.15, 0.2) is 11.7 Å². The van der Waals surface area contributed by atoms with E-state index in [1.54, 1.807) is 19.9 Å². The topological polar surface area (TPSA) is 107 Å². The predicted molar refractivity (Wildman–Crippen MR) is 117 cm³/mol. The third kappa shape index (κ3) is 5.04. The van der Waals surface area contributed by atoms with Crippen LogP contribution in [0, 0.1) is 29.6 Å². The number of anilines is 1. The summed E-state index contributed by atoms with van der Waals surface area (Å²) in [5, 5.41) is 19.0. The first-order valence-corrected chi connectivity index (χ1v) is 11.0. The van der Waals surface area contributed by atoms with Crippen molar-refractivity contribution in [1.29, 1.82) is 10.5 Å². The molecule has 0 atom stereocenters. The molecule has 0 amide bonds. The van der Waals surface area contributed by atoms with Crippen molar-refractivity contribution in [3.63, 3.8) is 0 Å². The van der Waals surface area contributed by atoms with E-state index in [1.165, 1.54) is 12.5 Å². The second-order valence-corrected chi connectivity index (χ2v) is 8.29. The van der Waals surface area contributed by atoms with Crippen LogP contribution in [0.5, 0.6) is 0 Å². The SMILES string of the molecule is CCOC(=O)c1sc(CC(=O)/C(C#N)=C/c2ccc(N3CCCCC3)o2)c(C#N)c1C. The van der Waals surface area contributed by atoms with Gasteiger partial charge in [-0.25, -0.2) is 4.79 Å². The second kappa shape index (κ2) is 10.1. The number of ketones is 1. The molecule has 1 fully saturated rings. The summed E-state index contributed by atoms with van der Waals surface area (Å²) in [5.74, 6) is 0.208. The first-order chi connectivity index (χ1) is 15.0. The van der Waals surface area contributed by atoms with Gasteiger partial charge in [-0.15, -0.1) is 11.3 Å². The van der Waals surface area contributed by atoms with Gasteiger partial charge in [0.25, 0.3) is 0 Å². The second-order valence-electron chi connectivity index (χ2n) is 7.18. The number of thiophene rings is 1. The average molecular weight is 438 g/mol. The molecule has 2 aromatic rings. The van der Waals surface area contributed by atoms with Gasteiger partial charge in [-0.3, -0.25) is 4.79 Å². The lowest BCUT2D eigenvalue weighted by Crippen LogP contribution is -2.28. The van der Waals surface area contributed by atoms with E-state index in [1.807, 2.05) is 12.1 Å². The monoisotopic (exact) mass is 437 g/mol. The van der Waals surface area contributed by atoms with E-state index in [4.69, 9.17) is 9.15 Å². The summed E-state index contributed by atoms with van der Waals surface area (Å²) >= 11 is 1.06. The highest BCUT2D eigenvalue weighted by atomic mass is 32.1. The number of ether oxygens (including phenoxy) is 1. The molecule has 0 N–H and O–H groups in total. The van der Waals surface area contributed by atoms with Crippen molar-refractivity contribution in [2.24, 2.45) is 0 Å². The predicted octanol–water partition coefficient (Wildman–Crippen LogP) is 4.41. The fraction of sp³-hybridized carbons (Fsp3) is 0.391. The molecule has 160 valence electrons. The van der Waals surface area contributed by atoms with Gasteiger partial charge in [-0.05, 0) is 44.7 Å². The number of carbonyl (C=O) groups excluding carboxylic acids is 2. The van der Waals surface area contributed by atoms with Crippen LogP contribution in [0.4, 0.5) is 5.88 Å². The molecule has 0 saturated carbocycles. The molecule has 3 rings (SSSR count). The molecule has 1 aliphatic heterocycles. The largest absolute Gasteiger partial charge is 0.462 e. The number of furan rings is 1. The van der Waals surface area contributed by atoms with Crippen molar-refractivity contribution < 1.29 is 18.7 Å². The van der Waals surface area contributed by atoms with E-state index in [0.29, 0.717) is 21.1 Å². The van der Waals surface area contributed by atoms with Crippen molar-refractivity contribution in [2.75, 3.05) is 24.6 Å². The maximum Gasteiger partial charge on any atom is 0.348 e. The number of carbonyl (C=O) groups is 2. The Balaban J connectivity index is 1.80. The standard InChI is InChI=1S/C23H23N3O4S/c1-3-29-23(28)22-15(2)18(14-25)20(31-22)12-19(27)16(13-24)11-17-7-8-21(30-17)26-9-5-4-6-10-26/h7-8,11H,3-6,9-10,12H2,1-2H3/b16-11+. The number of nitriles is 2. The Morgan fingerprint density at radius 3 is 2.65 bits per heavy atom. The summed E-state index contributed by atoms with van der Waals surface area (Å²) < 4.78 is 10.8. The Kier molecular flexibility index (Phi) is 7.28. The van der Waals surface area contributed by atoms with Crippen LogP contribution in [0.15, 0.2) is 22.1 Å². The van der Waals surface area contributed by atoms with Crippen molar-refractivity contribution in [1.82, 2.24) is 0 Å². The van der Waals surface area contributed by atoms with Crippen LogP contribution in [0.1, 0.15) is 57.6 Å². The number of Topliss-reactive ketones (excluding diaryl/α,β-unsaturated/α-hetero) is 1. The zero-order valence-electron chi connectivity index (χ0n) is 17.6. The van der Waals surface area contributed by atoms with E-state index in [0.717, 1.165) is 43.2 Å². The summed E-state index contributed by atoms with van der Waals surface area (Å²) in [6.07, 6.45) is 4.72. The first kappa shape index (κ1) is 22.3. The summed E-state index contributed by atoms with van der Waals surface area (Å²) in [5.41, 5.74) is 0.713. The highest BCUT2D eigenvalue weighted by Crippen LogP contribution is 2.30. The smallest absolute Gasteiger partial charge is 0.348 e. The molecular formula is C23H23N3O4S. The molecule has 0 aliphatic carbocycles. The summed E-state index contributed by atoms with van der Waals surface area (Å²) in [6.45, 7) is 5.43. The maximum atomic E-state index is 12.8. The van der Waals surface area contributed by atoms with Crippen LogP contribution in [-0.4, -0.2) is 31.4 Å². The Bertz CT molecular complexity index is 1090. The number of allylic oxidation sites excluding steroid dienone is 1. The third-order valence-electron chi connectivity index (χ3n) is 5.10. The highest BCUT2D eigenvalue weighted by molar-refractivity contribution is 7.14. The van der Waals surface area contributed by atoms with E-state index in [2.05, 4.69) is 11.0 Å². The van der Waals surface area contributed by atoms with Crippen molar-refractivity contribution in [2.45, 2.75) is 39.5 Å². The molecule has 0 spiro atoms. The average Bonchev–Trinajstić information content (AvgIpc) is 3.37. The lowest BCUT2D eigenvalue weighted by atomic mass is 10.0. The Morgan fingerprint density at radius 1 is 1.26 bits per heavy atom. The van der Waals surface area contributed by atoms with Gasteiger partial charge in [0.1, 0.15) is 22.8 Å². The van der Waals surface area contributed by atoms with Gasteiger partial charge >= 0.3 is 5.97 Å². The van der Waals surface area contributed by atoms with Crippen molar-refractivity contribution >= 4 is 35.0 Å². The number of nitrogens with zero attached hydrogens (tertiary/aromatic N) is 3. The van der Waals surface area contributed by atoms with Crippen molar-refractivity contribution in [3.8, 4) is 12.1 Å². The molecule has 7 nitrogen and oxygen atoms in total. The van der Waals surface area contributed by atoms with Crippen LogP contribution in [-0.2, 0) is 16.0 Å². The molecule has 0 radical (unpaired) electrons. The van der Waals surface area contributed by atoms with Crippen LogP contribution < -0.4 is 4.90 Å². The Labute approximate surface area is 185 Å². The zero-order chi connectivity index (χ0) is 22.4. The fourth-order valence-corrected chi connectivity index (χ4v) is 4.65. The molecular weight excluding hydrogens is 414 g/mol. The minimum Gasteiger partial charge on any atom is -0.462 e. The number of hydrogen-bond donors (Lipinski definition) is 0. The van der Waals surface area contributed by atoms with Gasteiger partial charge in [0.05, 0.1) is 17.7 Å². The van der Waals surface area contributed by atoms with E-state index >= 15 is 0 Å². The molecule has 2 aromatic heterocycles. The van der Waals surface area contributed by atoms with E-state index in [9.17, 15) is 20.1 Å². The molecule has 3 heterocycles.